The van der Waals surface area contributed by atoms with Crippen molar-refractivity contribution in [2.45, 2.75) is 136 Å². The van der Waals surface area contributed by atoms with Crippen LogP contribution in [0.4, 0.5) is 0 Å². The molecule has 292 valence electrons. The monoisotopic (exact) mass is 733 g/mol. The molecule has 0 amide bonds. The van der Waals surface area contributed by atoms with E-state index in [0.717, 1.165) is 12.0 Å². The Hall–Kier alpha value is -1.54. The van der Waals surface area contributed by atoms with Crippen molar-refractivity contribution in [3.05, 3.63) is 35.9 Å². The van der Waals surface area contributed by atoms with Crippen molar-refractivity contribution in [1.82, 2.24) is 0 Å². The average Bonchev–Trinajstić information content (AvgIpc) is 3.42. The Bertz CT molecular complexity index is 1200. The number of nitrogens with two attached hydrogens (primary N) is 5. The van der Waals surface area contributed by atoms with Gasteiger partial charge in [-0.05, 0) is 24.8 Å². The van der Waals surface area contributed by atoms with Crippen molar-refractivity contribution in [3.63, 3.8) is 0 Å². The van der Waals surface area contributed by atoms with Crippen LogP contribution in [0.15, 0.2) is 30.3 Å². The zero-order chi connectivity index (χ0) is 37.0. The molecule has 0 radical (unpaired) electrons. The van der Waals surface area contributed by atoms with E-state index in [1.165, 1.54) is 0 Å². The Labute approximate surface area is 295 Å². The van der Waals surface area contributed by atoms with Crippen molar-refractivity contribution >= 4 is 0 Å². The summed E-state index contributed by atoms with van der Waals surface area (Å²) in [6, 6.07) is 5.63. The number of hydrogen-bond acceptors (Lipinski definition) is 19. The number of benzene rings is 1. The molecule has 4 aliphatic rings. The van der Waals surface area contributed by atoms with Crippen LogP contribution in [0, 0.1) is 0 Å². The topological polar surface area (TPSA) is 336 Å². The van der Waals surface area contributed by atoms with E-state index in [9.17, 15) is 35.7 Å². The van der Waals surface area contributed by atoms with E-state index in [0.29, 0.717) is 6.42 Å². The van der Waals surface area contributed by atoms with Gasteiger partial charge < -0.3 is 97.6 Å². The van der Waals surface area contributed by atoms with Gasteiger partial charge in [-0.15, -0.1) is 0 Å². The summed E-state index contributed by atoms with van der Waals surface area (Å²) in [7, 11) is 0. The molecule has 4 fully saturated rings. The second kappa shape index (κ2) is 18.2. The predicted octanol–water partition coefficient (Wildman–Crippen LogP) is -6.20. The second-order valence-corrected chi connectivity index (χ2v) is 13.6. The Balaban J connectivity index is 1.24. The molecule has 0 bridgehead atoms. The number of aryl methyl sites for hydroxylation is 1. The van der Waals surface area contributed by atoms with E-state index >= 15 is 0 Å². The van der Waals surface area contributed by atoms with Crippen LogP contribution < -0.4 is 28.7 Å². The standard InChI is InChI=1S/C32H55N5O14/c33-10-16-22(41)23(42)19(36)30(46-16)50-28-18(12-39)48-32(25(28)44)51-29-21(40)14(34)9-15(35)26(29)49-31-20(37)24(43)27(17(11-38)47-31)45-8-4-7-13-5-2-1-3-6-13/h1-3,5-6,14-32,38-44H,4,7-12,33-37H2/t14-,15+,16+,17-,18-,19-,20-,21+,22-,23-,24-,25-,26-,27-,28-,29-,30-,31-,32+/m1/s1. The molecule has 19 heteroatoms. The van der Waals surface area contributed by atoms with E-state index in [-0.39, 0.29) is 19.6 Å². The first-order chi connectivity index (χ1) is 24.4. The van der Waals surface area contributed by atoms with E-state index in [4.69, 9.17) is 61.8 Å². The SMILES string of the molecule is NC[C@@H]1O[C@H](O[C@H]2[C@@H](O)[C@H](O[C@@H]3[C@@H](O)[C@H](N)C[C@H](N)[C@H]3O[C@H]3O[C@H](CO)[C@@H](OCCCc4ccccc4)[C@H](O)[C@H]3N)O[C@@H]2CO)[C@H](N)[C@@H](O)[C@@H]1O. The number of ether oxygens (including phenoxy) is 7. The van der Waals surface area contributed by atoms with Crippen LogP contribution in [0.25, 0.3) is 0 Å². The van der Waals surface area contributed by atoms with Crippen LogP contribution in [0.5, 0.6) is 0 Å². The van der Waals surface area contributed by atoms with Gasteiger partial charge in [-0.25, -0.2) is 0 Å². The van der Waals surface area contributed by atoms with Gasteiger partial charge in [0.05, 0.1) is 31.4 Å². The van der Waals surface area contributed by atoms with Crippen molar-refractivity contribution in [3.8, 4) is 0 Å². The normalized spacial score (nSPS) is 46.3. The smallest absolute Gasteiger partial charge is 0.187 e. The van der Waals surface area contributed by atoms with E-state index in [1.807, 2.05) is 30.3 Å². The molecule has 0 aromatic heterocycles. The summed E-state index contributed by atoms with van der Waals surface area (Å²) >= 11 is 0. The molecule has 1 saturated carbocycles. The molecular formula is C32H55N5O14. The summed E-state index contributed by atoms with van der Waals surface area (Å²) in [5.74, 6) is 0. The van der Waals surface area contributed by atoms with E-state index < -0.39 is 129 Å². The highest BCUT2D eigenvalue weighted by atomic mass is 16.8. The largest absolute Gasteiger partial charge is 0.394 e. The average molecular weight is 734 g/mol. The fourth-order valence-corrected chi connectivity index (χ4v) is 7.03. The van der Waals surface area contributed by atoms with Gasteiger partial charge in [-0.1, -0.05) is 30.3 Å². The molecule has 1 aromatic carbocycles. The van der Waals surface area contributed by atoms with E-state index in [2.05, 4.69) is 0 Å². The van der Waals surface area contributed by atoms with Gasteiger partial charge in [0, 0.05) is 25.2 Å². The number of hydrogen-bond donors (Lipinski definition) is 12. The highest BCUT2D eigenvalue weighted by Crippen LogP contribution is 2.34. The van der Waals surface area contributed by atoms with Crippen molar-refractivity contribution < 1.29 is 68.9 Å². The maximum Gasteiger partial charge on any atom is 0.187 e. The fraction of sp³-hybridized carbons (Fsp3) is 0.812. The molecular weight excluding hydrogens is 678 g/mol. The first kappa shape index (κ1) is 40.6. The van der Waals surface area contributed by atoms with E-state index in [1.54, 1.807) is 0 Å². The summed E-state index contributed by atoms with van der Waals surface area (Å²) in [6.45, 7) is -1.08. The highest BCUT2D eigenvalue weighted by molar-refractivity contribution is 5.14. The minimum atomic E-state index is -1.62. The minimum absolute atomic E-state index is 0.0826. The summed E-state index contributed by atoms with van der Waals surface area (Å²) in [4.78, 5) is 0. The van der Waals surface area contributed by atoms with Gasteiger partial charge in [-0.2, -0.15) is 0 Å². The number of rotatable bonds is 14. The molecule has 5 rings (SSSR count). The van der Waals surface area contributed by atoms with Gasteiger partial charge in [0.2, 0.25) is 0 Å². The Morgan fingerprint density at radius 2 is 1.18 bits per heavy atom. The maximum absolute atomic E-state index is 11.3. The molecule has 3 heterocycles. The summed E-state index contributed by atoms with van der Waals surface area (Å²) in [5.41, 5.74) is 31.8. The van der Waals surface area contributed by atoms with Crippen LogP contribution in [-0.4, -0.2) is 178 Å². The molecule has 51 heavy (non-hydrogen) atoms. The molecule has 3 aliphatic heterocycles. The van der Waals surface area contributed by atoms with Gasteiger partial charge in [-0.3, -0.25) is 0 Å². The first-order valence-corrected chi connectivity index (χ1v) is 17.3. The predicted molar refractivity (Wildman–Crippen MR) is 175 cm³/mol. The van der Waals surface area contributed by atoms with Crippen LogP contribution >= 0.6 is 0 Å². The van der Waals surface area contributed by atoms with Crippen molar-refractivity contribution in [2.24, 2.45) is 28.7 Å². The molecule has 1 aromatic rings. The van der Waals surface area contributed by atoms with Gasteiger partial charge in [0.25, 0.3) is 0 Å². The van der Waals surface area contributed by atoms with Gasteiger partial charge >= 0.3 is 0 Å². The first-order valence-electron chi connectivity index (χ1n) is 17.3. The fourth-order valence-electron chi connectivity index (χ4n) is 7.03. The lowest BCUT2D eigenvalue weighted by molar-refractivity contribution is -0.314. The second-order valence-electron chi connectivity index (χ2n) is 13.6. The lowest BCUT2D eigenvalue weighted by Crippen LogP contribution is -2.68. The molecule has 17 N–H and O–H groups in total. The lowest BCUT2D eigenvalue weighted by atomic mass is 9.84. The number of aliphatic hydroxyl groups excluding tert-OH is 7. The van der Waals surface area contributed by atoms with Gasteiger partial charge in [0.15, 0.2) is 18.9 Å². The molecule has 3 saturated heterocycles. The van der Waals surface area contributed by atoms with Gasteiger partial charge in [0.1, 0.15) is 67.1 Å². The van der Waals surface area contributed by atoms with Crippen molar-refractivity contribution in [1.29, 1.82) is 0 Å². The molecule has 19 atom stereocenters. The molecule has 0 unspecified atom stereocenters. The quantitative estimate of drug-likeness (QED) is 0.0791. The van der Waals surface area contributed by atoms with Crippen LogP contribution in [0.2, 0.25) is 0 Å². The van der Waals surface area contributed by atoms with Crippen LogP contribution in [0.3, 0.4) is 0 Å². The minimum Gasteiger partial charge on any atom is -0.394 e. The molecule has 19 nitrogen and oxygen atoms in total. The third-order valence-corrected chi connectivity index (χ3v) is 10.1. The summed E-state index contributed by atoms with van der Waals surface area (Å²) < 4.78 is 41.3. The zero-order valence-corrected chi connectivity index (χ0v) is 28.2. The summed E-state index contributed by atoms with van der Waals surface area (Å²) in [5, 5.41) is 74.4. The Morgan fingerprint density at radius 1 is 0.608 bits per heavy atom. The maximum atomic E-state index is 11.3. The lowest BCUT2D eigenvalue weighted by Gasteiger charge is -2.47. The third-order valence-electron chi connectivity index (χ3n) is 10.1. The zero-order valence-electron chi connectivity index (χ0n) is 28.2. The Kier molecular flexibility index (Phi) is 14.5. The molecule has 1 aliphatic carbocycles. The third kappa shape index (κ3) is 9.06. The number of aliphatic hydroxyl groups is 7. The van der Waals surface area contributed by atoms with Crippen molar-refractivity contribution in [2.75, 3.05) is 26.4 Å². The summed E-state index contributed by atoms with van der Waals surface area (Å²) in [6.07, 6.45) is -18.0. The van der Waals surface area contributed by atoms with Crippen LogP contribution in [0.1, 0.15) is 18.4 Å². The van der Waals surface area contributed by atoms with Crippen LogP contribution in [-0.2, 0) is 39.6 Å². The highest BCUT2D eigenvalue weighted by Gasteiger charge is 2.54. The molecule has 0 spiro atoms. The Morgan fingerprint density at radius 3 is 1.82 bits per heavy atom.